The Bertz CT molecular complexity index is 457. The number of benzene rings is 1. The Balaban J connectivity index is 3.02. The smallest absolute Gasteiger partial charge is 0.250 e. The molecule has 17 heavy (non-hydrogen) atoms. The normalized spacial score (nSPS) is 12.1. The van der Waals surface area contributed by atoms with E-state index in [1.807, 2.05) is 12.1 Å². The van der Waals surface area contributed by atoms with Crippen LogP contribution in [0, 0.1) is 11.3 Å². The predicted molar refractivity (Wildman–Crippen MR) is 76.7 cm³/mol. The van der Waals surface area contributed by atoms with Gasteiger partial charge in [-0.2, -0.15) is 5.26 Å². The number of halogens is 1. The highest BCUT2D eigenvalue weighted by atomic mass is 79.9. The van der Waals surface area contributed by atoms with Crippen LogP contribution in [0.3, 0.4) is 0 Å². The Morgan fingerprint density at radius 3 is 2.35 bits per heavy atom. The standard InChI is InChI=1S/C13H18BrNOSi/c1-13(2,3)17(4,5)16-11-6-7-12(14)10(8-11)9-15/h6-8H,1-5H3. The lowest BCUT2D eigenvalue weighted by molar-refractivity contribution is 0.492. The second kappa shape index (κ2) is 4.83. The summed E-state index contributed by atoms with van der Waals surface area (Å²) in [5.41, 5.74) is 0.612. The van der Waals surface area contributed by atoms with E-state index < -0.39 is 8.32 Å². The van der Waals surface area contributed by atoms with E-state index >= 15 is 0 Å². The van der Waals surface area contributed by atoms with Gasteiger partial charge in [0.25, 0.3) is 0 Å². The fourth-order valence-electron chi connectivity index (χ4n) is 1.10. The third kappa shape index (κ3) is 3.33. The first-order valence-corrected chi connectivity index (χ1v) is 9.26. The van der Waals surface area contributed by atoms with Crippen molar-refractivity contribution in [2.24, 2.45) is 0 Å². The third-order valence-electron chi connectivity index (χ3n) is 3.24. The van der Waals surface area contributed by atoms with Crippen LogP contribution in [0.2, 0.25) is 18.1 Å². The maximum atomic E-state index is 8.98. The summed E-state index contributed by atoms with van der Waals surface area (Å²) in [7, 11) is -1.82. The first kappa shape index (κ1) is 14.3. The van der Waals surface area contributed by atoms with E-state index in [2.05, 4.69) is 55.9 Å². The zero-order valence-corrected chi connectivity index (χ0v) is 13.6. The van der Waals surface area contributed by atoms with Crippen molar-refractivity contribution in [3.05, 3.63) is 28.2 Å². The fourth-order valence-corrected chi connectivity index (χ4v) is 2.46. The number of nitriles is 1. The average molecular weight is 312 g/mol. The van der Waals surface area contributed by atoms with Crippen LogP contribution >= 0.6 is 15.9 Å². The monoisotopic (exact) mass is 311 g/mol. The Hall–Kier alpha value is -0.793. The maximum absolute atomic E-state index is 8.98. The number of nitrogens with zero attached hydrogens (tertiary/aromatic N) is 1. The quantitative estimate of drug-likeness (QED) is 0.741. The SMILES string of the molecule is CC(C)(C)[Si](C)(C)Oc1ccc(Br)c(C#N)c1. The second-order valence-electron chi connectivity index (χ2n) is 5.62. The van der Waals surface area contributed by atoms with Gasteiger partial charge in [-0.1, -0.05) is 20.8 Å². The highest BCUT2D eigenvalue weighted by molar-refractivity contribution is 9.10. The summed E-state index contributed by atoms with van der Waals surface area (Å²) in [5, 5.41) is 9.14. The van der Waals surface area contributed by atoms with Crippen LogP contribution < -0.4 is 4.43 Å². The van der Waals surface area contributed by atoms with Crippen molar-refractivity contribution in [2.45, 2.75) is 38.9 Å². The van der Waals surface area contributed by atoms with Crippen molar-refractivity contribution < 1.29 is 4.43 Å². The van der Waals surface area contributed by atoms with Gasteiger partial charge in [-0.3, -0.25) is 0 Å². The lowest BCUT2D eigenvalue weighted by atomic mass is 10.2. The van der Waals surface area contributed by atoms with Gasteiger partial charge in [0, 0.05) is 4.47 Å². The van der Waals surface area contributed by atoms with Crippen molar-refractivity contribution in [1.29, 1.82) is 5.26 Å². The number of hydrogen-bond acceptors (Lipinski definition) is 2. The van der Waals surface area contributed by atoms with E-state index in [1.54, 1.807) is 6.07 Å². The maximum Gasteiger partial charge on any atom is 0.250 e. The van der Waals surface area contributed by atoms with Crippen molar-refractivity contribution >= 4 is 24.2 Å². The average Bonchev–Trinajstić information content (AvgIpc) is 2.19. The van der Waals surface area contributed by atoms with Gasteiger partial charge in [0.15, 0.2) is 0 Å². The molecule has 0 aromatic heterocycles. The summed E-state index contributed by atoms with van der Waals surface area (Å²) in [5.74, 6) is 0.788. The van der Waals surface area contributed by atoms with Crippen molar-refractivity contribution in [2.75, 3.05) is 0 Å². The molecule has 0 saturated carbocycles. The molecule has 1 aromatic carbocycles. The molecule has 0 aliphatic carbocycles. The minimum Gasteiger partial charge on any atom is -0.543 e. The van der Waals surface area contributed by atoms with Gasteiger partial charge in [0.05, 0.1) is 5.56 Å². The van der Waals surface area contributed by atoms with Gasteiger partial charge in [-0.05, 0) is 52.3 Å². The first-order chi connectivity index (χ1) is 7.67. The van der Waals surface area contributed by atoms with Gasteiger partial charge >= 0.3 is 0 Å². The van der Waals surface area contributed by atoms with E-state index in [0.29, 0.717) is 5.56 Å². The van der Waals surface area contributed by atoms with Gasteiger partial charge in [-0.25, -0.2) is 0 Å². The van der Waals surface area contributed by atoms with Crippen LogP contribution in [0.1, 0.15) is 26.3 Å². The predicted octanol–water partition coefficient (Wildman–Crippen LogP) is 4.70. The lowest BCUT2D eigenvalue weighted by Gasteiger charge is -2.36. The van der Waals surface area contributed by atoms with Gasteiger partial charge in [-0.15, -0.1) is 0 Å². The zero-order valence-electron chi connectivity index (χ0n) is 11.0. The molecule has 0 N–H and O–H groups in total. The molecule has 1 rings (SSSR count). The molecule has 0 spiro atoms. The molecule has 4 heteroatoms. The lowest BCUT2D eigenvalue weighted by Crippen LogP contribution is -2.43. The Morgan fingerprint density at radius 2 is 1.88 bits per heavy atom. The third-order valence-corrected chi connectivity index (χ3v) is 8.29. The zero-order chi connectivity index (χ0) is 13.3. The fraction of sp³-hybridized carbons (Fsp3) is 0.462. The molecule has 0 saturated heterocycles. The minimum absolute atomic E-state index is 0.160. The Kier molecular flexibility index (Phi) is 4.05. The highest BCUT2D eigenvalue weighted by Crippen LogP contribution is 2.37. The van der Waals surface area contributed by atoms with Crippen LogP contribution in [0.4, 0.5) is 0 Å². The van der Waals surface area contributed by atoms with Crippen LogP contribution in [0.15, 0.2) is 22.7 Å². The Labute approximate surface area is 113 Å². The van der Waals surface area contributed by atoms with Crippen LogP contribution in [0.5, 0.6) is 5.75 Å². The van der Waals surface area contributed by atoms with Crippen molar-refractivity contribution in [1.82, 2.24) is 0 Å². The van der Waals surface area contributed by atoms with Crippen molar-refractivity contribution in [3.63, 3.8) is 0 Å². The summed E-state index contributed by atoms with van der Waals surface area (Å²) in [6.45, 7) is 11.0. The molecule has 0 heterocycles. The number of hydrogen-bond donors (Lipinski definition) is 0. The molecule has 2 nitrogen and oxygen atoms in total. The Morgan fingerprint density at radius 1 is 1.29 bits per heavy atom. The summed E-state index contributed by atoms with van der Waals surface area (Å²) >= 11 is 3.34. The molecule has 92 valence electrons. The molecule has 0 aliphatic heterocycles. The minimum atomic E-state index is -1.82. The van der Waals surface area contributed by atoms with Gasteiger partial charge in [0.1, 0.15) is 11.8 Å². The molecule has 1 aromatic rings. The number of rotatable bonds is 2. The second-order valence-corrected chi connectivity index (χ2v) is 11.2. The van der Waals surface area contributed by atoms with Crippen molar-refractivity contribution in [3.8, 4) is 11.8 Å². The molecular weight excluding hydrogens is 294 g/mol. The summed E-state index contributed by atoms with van der Waals surface area (Å²) in [6.07, 6.45) is 0. The van der Waals surface area contributed by atoms with Gasteiger partial charge < -0.3 is 4.43 Å². The van der Waals surface area contributed by atoms with E-state index in [-0.39, 0.29) is 5.04 Å². The topological polar surface area (TPSA) is 33.0 Å². The van der Waals surface area contributed by atoms with Crippen LogP contribution in [-0.4, -0.2) is 8.32 Å². The van der Waals surface area contributed by atoms with E-state index in [1.165, 1.54) is 0 Å². The summed E-state index contributed by atoms with van der Waals surface area (Å²) in [6, 6.07) is 7.72. The largest absolute Gasteiger partial charge is 0.543 e. The molecule has 0 amide bonds. The van der Waals surface area contributed by atoms with Gasteiger partial charge in [0.2, 0.25) is 8.32 Å². The van der Waals surface area contributed by atoms with Crippen LogP contribution in [-0.2, 0) is 0 Å². The first-order valence-electron chi connectivity index (χ1n) is 5.56. The molecular formula is C13H18BrNOSi. The van der Waals surface area contributed by atoms with E-state index in [9.17, 15) is 0 Å². The van der Waals surface area contributed by atoms with E-state index in [0.717, 1.165) is 10.2 Å². The molecule has 0 radical (unpaired) electrons. The summed E-state index contributed by atoms with van der Waals surface area (Å²) in [4.78, 5) is 0. The van der Waals surface area contributed by atoms with Crippen LogP contribution in [0.25, 0.3) is 0 Å². The summed E-state index contributed by atoms with van der Waals surface area (Å²) < 4.78 is 6.94. The highest BCUT2D eigenvalue weighted by Gasteiger charge is 2.38. The molecule has 0 unspecified atom stereocenters. The molecule has 0 fully saturated rings. The molecule has 0 atom stereocenters. The molecule has 0 bridgehead atoms. The molecule has 0 aliphatic rings. The van der Waals surface area contributed by atoms with E-state index in [4.69, 9.17) is 9.69 Å².